The topological polar surface area (TPSA) is 47.6 Å². The van der Waals surface area contributed by atoms with Crippen molar-refractivity contribution in [1.82, 2.24) is 5.32 Å². The van der Waals surface area contributed by atoms with Gasteiger partial charge in [0.1, 0.15) is 6.61 Å². The van der Waals surface area contributed by atoms with Crippen LogP contribution in [-0.4, -0.2) is 39.9 Å². The molecule has 0 unspecified atom stereocenters. The molecule has 0 saturated carbocycles. The fourth-order valence-corrected chi connectivity index (χ4v) is 0.987. The zero-order valence-electron chi connectivity index (χ0n) is 9.55. The van der Waals surface area contributed by atoms with E-state index in [1.165, 1.54) is 7.11 Å². The van der Waals surface area contributed by atoms with E-state index in [2.05, 4.69) is 19.2 Å². The van der Waals surface area contributed by atoms with Crippen LogP contribution in [0.2, 0.25) is 0 Å². The lowest BCUT2D eigenvalue weighted by Crippen LogP contribution is -2.36. The third-order valence-corrected chi connectivity index (χ3v) is 2.02. The van der Waals surface area contributed by atoms with E-state index in [9.17, 15) is 4.79 Å². The molecule has 14 heavy (non-hydrogen) atoms. The summed E-state index contributed by atoms with van der Waals surface area (Å²) in [5.74, 6) is -0.0713. The molecule has 84 valence electrons. The molecule has 4 nitrogen and oxygen atoms in total. The number of methoxy groups -OCH3 is 2. The molecule has 0 radical (unpaired) electrons. The van der Waals surface area contributed by atoms with Crippen LogP contribution in [-0.2, 0) is 14.3 Å². The van der Waals surface area contributed by atoms with E-state index in [0.29, 0.717) is 13.2 Å². The van der Waals surface area contributed by atoms with Crippen LogP contribution in [0.15, 0.2) is 0 Å². The Morgan fingerprint density at radius 2 is 1.93 bits per heavy atom. The number of amides is 1. The minimum atomic E-state index is -0.0713. The first-order valence-corrected chi connectivity index (χ1v) is 4.76. The molecule has 0 fully saturated rings. The molecule has 0 heterocycles. The van der Waals surface area contributed by atoms with Gasteiger partial charge in [-0.3, -0.25) is 4.79 Å². The molecule has 0 atom stereocenters. The third-order valence-electron chi connectivity index (χ3n) is 2.02. The predicted molar refractivity (Wildman–Crippen MR) is 55.2 cm³/mol. The van der Waals surface area contributed by atoms with Crippen LogP contribution in [0.25, 0.3) is 0 Å². The summed E-state index contributed by atoms with van der Waals surface area (Å²) >= 11 is 0. The summed E-state index contributed by atoms with van der Waals surface area (Å²) in [5.41, 5.74) is 0.0689. The van der Waals surface area contributed by atoms with E-state index < -0.39 is 0 Å². The van der Waals surface area contributed by atoms with Gasteiger partial charge in [-0.1, -0.05) is 13.8 Å². The van der Waals surface area contributed by atoms with E-state index >= 15 is 0 Å². The van der Waals surface area contributed by atoms with Gasteiger partial charge in [0.2, 0.25) is 5.91 Å². The number of hydrogen-bond acceptors (Lipinski definition) is 3. The van der Waals surface area contributed by atoms with Crippen molar-refractivity contribution in [2.75, 3.05) is 34.0 Å². The van der Waals surface area contributed by atoms with E-state index in [4.69, 9.17) is 9.47 Å². The van der Waals surface area contributed by atoms with Gasteiger partial charge in [-0.25, -0.2) is 0 Å². The largest absolute Gasteiger partial charge is 0.385 e. The summed E-state index contributed by atoms with van der Waals surface area (Å²) in [4.78, 5) is 11.1. The molecule has 1 N–H and O–H groups in total. The number of hydrogen-bond donors (Lipinski definition) is 1. The lowest BCUT2D eigenvalue weighted by Gasteiger charge is -2.24. The molecule has 0 aliphatic heterocycles. The van der Waals surface area contributed by atoms with Gasteiger partial charge in [-0.15, -0.1) is 0 Å². The average Bonchev–Trinajstić information content (AvgIpc) is 2.13. The van der Waals surface area contributed by atoms with E-state index in [1.54, 1.807) is 7.11 Å². The van der Waals surface area contributed by atoms with Crippen molar-refractivity contribution >= 4 is 5.91 Å². The van der Waals surface area contributed by atoms with Gasteiger partial charge in [-0.2, -0.15) is 0 Å². The predicted octanol–water partition coefficient (Wildman–Crippen LogP) is 0.812. The van der Waals surface area contributed by atoms with Crippen molar-refractivity contribution in [2.45, 2.75) is 20.3 Å². The summed E-state index contributed by atoms with van der Waals surface area (Å²) in [6.45, 7) is 5.68. The van der Waals surface area contributed by atoms with Crippen molar-refractivity contribution < 1.29 is 14.3 Å². The molecule has 0 aliphatic rings. The summed E-state index contributed by atoms with van der Waals surface area (Å²) < 4.78 is 9.71. The van der Waals surface area contributed by atoms with Gasteiger partial charge in [0, 0.05) is 27.4 Å². The average molecular weight is 203 g/mol. The van der Waals surface area contributed by atoms with Crippen molar-refractivity contribution in [2.24, 2.45) is 5.41 Å². The summed E-state index contributed by atoms with van der Waals surface area (Å²) in [6.07, 6.45) is 0.927. The van der Waals surface area contributed by atoms with Crippen LogP contribution in [0, 0.1) is 5.41 Å². The zero-order valence-corrected chi connectivity index (χ0v) is 9.55. The van der Waals surface area contributed by atoms with Crippen LogP contribution < -0.4 is 5.32 Å². The summed E-state index contributed by atoms with van der Waals surface area (Å²) in [6, 6.07) is 0. The highest BCUT2D eigenvalue weighted by Gasteiger charge is 2.18. The fourth-order valence-electron chi connectivity index (χ4n) is 0.987. The highest BCUT2D eigenvalue weighted by Crippen LogP contribution is 2.18. The highest BCUT2D eigenvalue weighted by molar-refractivity contribution is 5.77. The smallest absolute Gasteiger partial charge is 0.246 e. The highest BCUT2D eigenvalue weighted by atomic mass is 16.5. The Labute approximate surface area is 86.0 Å². The van der Waals surface area contributed by atoms with Gasteiger partial charge >= 0.3 is 0 Å². The molecular formula is C10H21NO3. The van der Waals surface area contributed by atoms with Gasteiger partial charge in [0.05, 0.1) is 0 Å². The second kappa shape index (κ2) is 6.79. The molecule has 0 rings (SSSR count). The molecule has 4 heteroatoms. The Morgan fingerprint density at radius 1 is 1.29 bits per heavy atom. The first kappa shape index (κ1) is 13.4. The molecule has 0 spiro atoms. The standard InChI is InChI=1S/C10H21NO3/c1-10(2,5-6-13-3)8-11-9(12)7-14-4/h5-8H2,1-4H3,(H,11,12). The molecular weight excluding hydrogens is 182 g/mol. The minimum absolute atomic E-state index is 0.0689. The van der Waals surface area contributed by atoms with Crippen LogP contribution in [0.3, 0.4) is 0 Å². The maximum atomic E-state index is 11.1. The number of carbonyl (C=O) groups excluding carboxylic acids is 1. The van der Waals surface area contributed by atoms with Gasteiger partial charge in [0.15, 0.2) is 0 Å². The first-order chi connectivity index (χ1) is 6.52. The lowest BCUT2D eigenvalue weighted by atomic mass is 9.90. The van der Waals surface area contributed by atoms with Crippen molar-refractivity contribution in [1.29, 1.82) is 0 Å². The molecule has 1 amide bonds. The van der Waals surface area contributed by atoms with E-state index in [1.807, 2.05) is 0 Å². The summed E-state index contributed by atoms with van der Waals surface area (Å²) in [7, 11) is 3.19. The first-order valence-electron chi connectivity index (χ1n) is 4.76. The van der Waals surface area contributed by atoms with E-state index in [0.717, 1.165) is 6.42 Å². The molecule has 0 aromatic heterocycles. The Morgan fingerprint density at radius 3 is 2.43 bits per heavy atom. The van der Waals surface area contributed by atoms with Crippen molar-refractivity contribution in [3.8, 4) is 0 Å². The zero-order chi connectivity index (χ0) is 11.0. The molecule has 0 aromatic rings. The van der Waals surface area contributed by atoms with Crippen LogP contribution in [0.5, 0.6) is 0 Å². The normalized spacial score (nSPS) is 11.4. The number of rotatable bonds is 7. The Hall–Kier alpha value is -0.610. The lowest BCUT2D eigenvalue weighted by molar-refractivity contribution is -0.125. The second-order valence-electron chi connectivity index (χ2n) is 4.12. The Bertz CT molecular complexity index is 169. The van der Waals surface area contributed by atoms with E-state index in [-0.39, 0.29) is 17.9 Å². The SMILES string of the molecule is COCCC(C)(C)CNC(=O)COC. The molecule has 0 saturated heterocycles. The van der Waals surface area contributed by atoms with Gasteiger partial charge in [0.25, 0.3) is 0 Å². The molecule has 0 bridgehead atoms. The quantitative estimate of drug-likeness (QED) is 0.666. The molecule has 0 aromatic carbocycles. The Balaban J connectivity index is 3.68. The van der Waals surface area contributed by atoms with Crippen molar-refractivity contribution in [3.63, 3.8) is 0 Å². The summed E-state index contributed by atoms with van der Waals surface area (Å²) in [5, 5.41) is 2.81. The second-order valence-corrected chi connectivity index (χ2v) is 4.12. The van der Waals surface area contributed by atoms with Gasteiger partial charge < -0.3 is 14.8 Å². The number of nitrogens with one attached hydrogen (secondary N) is 1. The third kappa shape index (κ3) is 6.86. The maximum absolute atomic E-state index is 11.1. The number of carbonyl (C=O) groups is 1. The minimum Gasteiger partial charge on any atom is -0.385 e. The number of ether oxygens (including phenoxy) is 2. The van der Waals surface area contributed by atoms with Crippen molar-refractivity contribution in [3.05, 3.63) is 0 Å². The monoisotopic (exact) mass is 203 g/mol. The fraction of sp³-hybridized carbons (Fsp3) is 0.900. The Kier molecular flexibility index (Phi) is 6.49. The van der Waals surface area contributed by atoms with Crippen LogP contribution in [0.1, 0.15) is 20.3 Å². The molecule has 0 aliphatic carbocycles. The van der Waals surface area contributed by atoms with Gasteiger partial charge in [-0.05, 0) is 11.8 Å². The maximum Gasteiger partial charge on any atom is 0.246 e. The van der Waals surface area contributed by atoms with Crippen LogP contribution >= 0.6 is 0 Å². The van der Waals surface area contributed by atoms with Crippen LogP contribution in [0.4, 0.5) is 0 Å².